The summed E-state index contributed by atoms with van der Waals surface area (Å²) in [5.41, 5.74) is 0. The lowest BCUT2D eigenvalue weighted by Crippen LogP contribution is -2.53. The van der Waals surface area contributed by atoms with Gasteiger partial charge in [-0.3, -0.25) is 0 Å². The quantitative estimate of drug-likeness (QED) is 0.796. The molecule has 1 aliphatic rings. The zero-order valence-electron chi connectivity index (χ0n) is 12.6. The molecule has 1 rings (SSSR count). The number of likely N-dealkylation sites (tertiary alicyclic amines) is 1. The van der Waals surface area contributed by atoms with Gasteiger partial charge in [-0.1, -0.05) is 27.7 Å². The Balaban J connectivity index is 2.63. The first kappa shape index (κ1) is 15.8. The first-order valence-electron chi connectivity index (χ1n) is 6.98. The van der Waals surface area contributed by atoms with E-state index >= 15 is 0 Å². The molecular formula is C14H26N2O3. The second kappa shape index (κ2) is 6.78. The third-order valence-electron chi connectivity index (χ3n) is 3.56. The van der Waals surface area contributed by atoms with Gasteiger partial charge in [-0.05, 0) is 24.2 Å². The third kappa shape index (κ3) is 4.40. The number of nitrogens with zero attached hydrogens (tertiary/aromatic N) is 1. The van der Waals surface area contributed by atoms with Crippen molar-refractivity contribution in [2.75, 3.05) is 20.2 Å². The van der Waals surface area contributed by atoms with E-state index in [9.17, 15) is 9.59 Å². The van der Waals surface area contributed by atoms with Crippen LogP contribution in [-0.4, -0.2) is 43.1 Å². The summed E-state index contributed by atoms with van der Waals surface area (Å²) in [6.45, 7) is 9.59. The molecule has 1 N–H and O–H groups in total. The Kier molecular flexibility index (Phi) is 5.63. The second-order valence-electron chi connectivity index (χ2n) is 6.05. The summed E-state index contributed by atoms with van der Waals surface area (Å²) in [5, 5.41) is 2.79. The van der Waals surface area contributed by atoms with Gasteiger partial charge in [-0.2, -0.15) is 0 Å². The molecule has 3 atom stereocenters. The zero-order valence-corrected chi connectivity index (χ0v) is 12.6. The minimum atomic E-state index is -0.579. The molecule has 3 unspecified atom stereocenters. The van der Waals surface area contributed by atoms with E-state index in [0.29, 0.717) is 11.8 Å². The SMILES string of the molecule is COC(=O)C(NC(=O)N1CC(C)CC(C)C1)C(C)C. The van der Waals surface area contributed by atoms with Crippen LogP contribution in [0.2, 0.25) is 0 Å². The molecule has 0 aliphatic carbocycles. The van der Waals surface area contributed by atoms with Crippen LogP contribution in [0.3, 0.4) is 0 Å². The van der Waals surface area contributed by atoms with Gasteiger partial charge in [-0.15, -0.1) is 0 Å². The summed E-state index contributed by atoms with van der Waals surface area (Å²) in [7, 11) is 1.34. The number of methoxy groups -OCH3 is 1. The molecular weight excluding hydrogens is 244 g/mol. The van der Waals surface area contributed by atoms with Gasteiger partial charge in [0.05, 0.1) is 7.11 Å². The Morgan fingerprint density at radius 2 is 1.74 bits per heavy atom. The number of rotatable bonds is 3. The third-order valence-corrected chi connectivity index (χ3v) is 3.56. The smallest absolute Gasteiger partial charge is 0.328 e. The van der Waals surface area contributed by atoms with Crippen molar-refractivity contribution < 1.29 is 14.3 Å². The Labute approximate surface area is 115 Å². The van der Waals surface area contributed by atoms with Crippen LogP contribution in [0.1, 0.15) is 34.1 Å². The van der Waals surface area contributed by atoms with Crippen LogP contribution in [-0.2, 0) is 9.53 Å². The molecule has 0 aromatic rings. The van der Waals surface area contributed by atoms with Crippen molar-refractivity contribution in [1.82, 2.24) is 10.2 Å². The molecule has 1 fully saturated rings. The van der Waals surface area contributed by atoms with Crippen LogP contribution in [0, 0.1) is 17.8 Å². The van der Waals surface area contributed by atoms with Crippen LogP contribution in [0.15, 0.2) is 0 Å². The molecule has 0 spiro atoms. The highest BCUT2D eigenvalue weighted by molar-refractivity contribution is 5.83. The van der Waals surface area contributed by atoms with Gasteiger partial charge in [0.15, 0.2) is 0 Å². The molecule has 5 nitrogen and oxygen atoms in total. The minimum Gasteiger partial charge on any atom is -0.467 e. The summed E-state index contributed by atoms with van der Waals surface area (Å²) < 4.78 is 4.73. The highest BCUT2D eigenvalue weighted by Crippen LogP contribution is 2.21. The lowest BCUT2D eigenvalue weighted by molar-refractivity contribution is -0.144. The number of carbonyl (C=O) groups excluding carboxylic acids is 2. The minimum absolute atomic E-state index is 0.0102. The van der Waals surface area contributed by atoms with Gasteiger partial charge in [0, 0.05) is 13.1 Å². The molecule has 0 aromatic carbocycles. The van der Waals surface area contributed by atoms with Crippen molar-refractivity contribution in [3.63, 3.8) is 0 Å². The molecule has 2 amide bonds. The number of piperidine rings is 1. The average Bonchev–Trinajstić information content (AvgIpc) is 2.33. The molecule has 1 aliphatic heterocycles. The van der Waals surface area contributed by atoms with Gasteiger partial charge >= 0.3 is 12.0 Å². The number of urea groups is 1. The molecule has 0 saturated carbocycles. The van der Waals surface area contributed by atoms with Crippen molar-refractivity contribution in [2.24, 2.45) is 17.8 Å². The van der Waals surface area contributed by atoms with E-state index in [0.717, 1.165) is 19.5 Å². The maximum Gasteiger partial charge on any atom is 0.328 e. The van der Waals surface area contributed by atoms with Crippen LogP contribution < -0.4 is 5.32 Å². The van der Waals surface area contributed by atoms with Crippen molar-refractivity contribution in [3.8, 4) is 0 Å². The molecule has 110 valence electrons. The molecule has 0 aromatic heterocycles. The van der Waals surface area contributed by atoms with Crippen LogP contribution in [0.4, 0.5) is 4.79 Å². The predicted molar refractivity (Wildman–Crippen MR) is 73.7 cm³/mol. The van der Waals surface area contributed by atoms with Crippen molar-refractivity contribution in [2.45, 2.75) is 40.2 Å². The summed E-state index contributed by atoms with van der Waals surface area (Å²) in [5.74, 6) is 0.632. The average molecular weight is 270 g/mol. The second-order valence-corrected chi connectivity index (χ2v) is 6.05. The first-order valence-corrected chi connectivity index (χ1v) is 6.98. The topological polar surface area (TPSA) is 58.6 Å². The number of esters is 1. The van der Waals surface area contributed by atoms with Gasteiger partial charge in [0.25, 0.3) is 0 Å². The Morgan fingerprint density at radius 1 is 1.21 bits per heavy atom. The van der Waals surface area contributed by atoms with Gasteiger partial charge < -0.3 is 15.0 Å². The number of hydrogen-bond donors (Lipinski definition) is 1. The number of ether oxygens (including phenoxy) is 1. The molecule has 0 bridgehead atoms. The van der Waals surface area contributed by atoms with Gasteiger partial charge in [-0.25, -0.2) is 9.59 Å². The van der Waals surface area contributed by atoms with Gasteiger partial charge in [0.1, 0.15) is 6.04 Å². The fourth-order valence-corrected chi connectivity index (χ4v) is 2.68. The zero-order chi connectivity index (χ0) is 14.6. The molecule has 0 radical (unpaired) electrons. The van der Waals surface area contributed by atoms with Gasteiger partial charge in [0.2, 0.25) is 0 Å². The normalized spacial score (nSPS) is 25.1. The van der Waals surface area contributed by atoms with E-state index in [4.69, 9.17) is 4.74 Å². The lowest BCUT2D eigenvalue weighted by atomic mass is 9.92. The largest absolute Gasteiger partial charge is 0.467 e. The van der Waals surface area contributed by atoms with E-state index < -0.39 is 6.04 Å². The lowest BCUT2D eigenvalue weighted by Gasteiger charge is -2.36. The maximum absolute atomic E-state index is 12.2. The maximum atomic E-state index is 12.2. The molecule has 5 heteroatoms. The number of amides is 2. The van der Waals surface area contributed by atoms with E-state index in [1.165, 1.54) is 7.11 Å². The highest BCUT2D eigenvalue weighted by atomic mass is 16.5. The summed E-state index contributed by atoms with van der Waals surface area (Å²) in [6.07, 6.45) is 1.15. The van der Waals surface area contributed by atoms with Crippen LogP contribution >= 0.6 is 0 Å². The summed E-state index contributed by atoms with van der Waals surface area (Å²) in [6, 6.07) is -0.743. The Hall–Kier alpha value is -1.26. The number of carbonyl (C=O) groups is 2. The fourth-order valence-electron chi connectivity index (χ4n) is 2.68. The van der Waals surface area contributed by atoms with Crippen molar-refractivity contribution in [3.05, 3.63) is 0 Å². The molecule has 1 saturated heterocycles. The van der Waals surface area contributed by atoms with E-state index in [1.807, 2.05) is 13.8 Å². The van der Waals surface area contributed by atoms with Crippen molar-refractivity contribution >= 4 is 12.0 Å². The molecule has 1 heterocycles. The number of nitrogens with one attached hydrogen (secondary N) is 1. The van der Waals surface area contributed by atoms with E-state index in [1.54, 1.807) is 4.90 Å². The standard InChI is InChI=1S/C14H26N2O3/c1-9(2)12(13(17)19-5)15-14(18)16-7-10(3)6-11(4)8-16/h9-12H,6-8H2,1-5H3,(H,15,18). The highest BCUT2D eigenvalue weighted by Gasteiger charge is 2.30. The summed E-state index contributed by atoms with van der Waals surface area (Å²) >= 11 is 0. The Bertz CT molecular complexity index is 321. The van der Waals surface area contributed by atoms with Crippen LogP contribution in [0.5, 0.6) is 0 Å². The summed E-state index contributed by atoms with van der Waals surface area (Å²) in [4.78, 5) is 25.7. The fraction of sp³-hybridized carbons (Fsp3) is 0.857. The van der Waals surface area contributed by atoms with E-state index in [-0.39, 0.29) is 17.9 Å². The Morgan fingerprint density at radius 3 is 2.16 bits per heavy atom. The van der Waals surface area contributed by atoms with Crippen molar-refractivity contribution in [1.29, 1.82) is 0 Å². The monoisotopic (exact) mass is 270 g/mol. The predicted octanol–water partition coefficient (Wildman–Crippen LogP) is 1.87. The number of hydrogen-bond acceptors (Lipinski definition) is 3. The van der Waals surface area contributed by atoms with E-state index in [2.05, 4.69) is 19.2 Å². The molecule has 19 heavy (non-hydrogen) atoms. The first-order chi connectivity index (χ1) is 8.85. The van der Waals surface area contributed by atoms with Crippen LogP contribution in [0.25, 0.3) is 0 Å².